The van der Waals surface area contributed by atoms with E-state index in [4.69, 9.17) is 5.26 Å². The molecule has 0 bridgehead atoms. The Kier molecular flexibility index (Phi) is 3.19. The molecular formula is C15H21N. The predicted molar refractivity (Wildman–Crippen MR) is 66.7 cm³/mol. The molecule has 0 N–H and O–H groups in total. The van der Waals surface area contributed by atoms with E-state index in [2.05, 4.69) is 32.1 Å². The molecule has 0 aromatic rings. The zero-order valence-electron chi connectivity index (χ0n) is 10.4. The van der Waals surface area contributed by atoms with Crippen molar-refractivity contribution >= 4 is 0 Å². The smallest absolute Gasteiger partial charge is 0.0988 e. The maximum Gasteiger partial charge on any atom is 0.0988 e. The molecule has 1 unspecified atom stereocenters. The van der Waals surface area contributed by atoms with E-state index >= 15 is 0 Å². The van der Waals surface area contributed by atoms with Crippen LogP contribution in [0.4, 0.5) is 0 Å². The Morgan fingerprint density at radius 1 is 1.31 bits per heavy atom. The van der Waals surface area contributed by atoms with Crippen LogP contribution < -0.4 is 0 Å². The van der Waals surface area contributed by atoms with Gasteiger partial charge in [0.2, 0.25) is 0 Å². The molecule has 16 heavy (non-hydrogen) atoms. The SMILES string of the molecule is CC1CCC(C2(C)C=CC(C#N)=CC2)CC1. The van der Waals surface area contributed by atoms with Gasteiger partial charge in [-0.05, 0) is 42.6 Å². The molecule has 0 radical (unpaired) electrons. The zero-order chi connectivity index (χ0) is 11.6. The fourth-order valence-corrected chi connectivity index (χ4v) is 3.05. The Bertz CT molecular complexity index is 350. The molecule has 0 aromatic carbocycles. The molecule has 1 nitrogen and oxygen atoms in total. The Hall–Kier alpha value is -1.03. The van der Waals surface area contributed by atoms with Crippen LogP contribution in [0.25, 0.3) is 0 Å². The van der Waals surface area contributed by atoms with Crippen LogP contribution in [-0.2, 0) is 0 Å². The third-order valence-electron chi connectivity index (χ3n) is 4.48. The van der Waals surface area contributed by atoms with Crippen molar-refractivity contribution in [3.63, 3.8) is 0 Å². The number of rotatable bonds is 1. The van der Waals surface area contributed by atoms with Gasteiger partial charge >= 0.3 is 0 Å². The highest BCUT2D eigenvalue weighted by molar-refractivity contribution is 5.37. The van der Waals surface area contributed by atoms with Crippen molar-refractivity contribution in [1.82, 2.24) is 0 Å². The van der Waals surface area contributed by atoms with E-state index in [9.17, 15) is 0 Å². The first-order chi connectivity index (χ1) is 7.64. The lowest BCUT2D eigenvalue weighted by Crippen LogP contribution is -2.29. The van der Waals surface area contributed by atoms with Crippen molar-refractivity contribution in [2.24, 2.45) is 17.3 Å². The molecule has 0 aliphatic heterocycles. The van der Waals surface area contributed by atoms with E-state index in [0.29, 0.717) is 5.41 Å². The molecule has 1 atom stereocenters. The van der Waals surface area contributed by atoms with Crippen LogP contribution in [0, 0.1) is 28.6 Å². The summed E-state index contributed by atoms with van der Waals surface area (Å²) in [6, 6.07) is 2.23. The summed E-state index contributed by atoms with van der Waals surface area (Å²) in [5, 5.41) is 8.84. The lowest BCUT2D eigenvalue weighted by molar-refractivity contribution is 0.165. The van der Waals surface area contributed by atoms with Crippen molar-refractivity contribution in [3.05, 3.63) is 23.8 Å². The van der Waals surface area contributed by atoms with Crippen molar-refractivity contribution < 1.29 is 0 Å². The van der Waals surface area contributed by atoms with Gasteiger partial charge in [-0.1, -0.05) is 38.8 Å². The third kappa shape index (κ3) is 2.21. The fraction of sp³-hybridized carbons (Fsp3) is 0.667. The standard InChI is InChI=1S/C15H21N/c1-12-3-5-14(6-4-12)15(2)9-7-13(11-16)8-10-15/h7-9,12,14H,3-6,10H2,1-2H3. The summed E-state index contributed by atoms with van der Waals surface area (Å²) in [4.78, 5) is 0. The second kappa shape index (κ2) is 4.45. The van der Waals surface area contributed by atoms with Crippen LogP contribution in [-0.4, -0.2) is 0 Å². The van der Waals surface area contributed by atoms with E-state index in [1.165, 1.54) is 25.7 Å². The number of hydrogen-bond acceptors (Lipinski definition) is 1. The maximum absolute atomic E-state index is 8.84. The minimum atomic E-state index is 0.306. The predicted octanol–water partition coefficient (Wildman–Crippen LogP) is 4.23. The minimum absolute atomic E-state index is 0.306. The highest BCUT2D eigenvalue weighted by Gasteiger charge is 2.34. The van der Waals surface area contributed by atoms with Gasteiger partial charge in [-0.2, -0.15) is 5.26 Å². The Labute approximate surface area is 98.9 Å². The van der Waals surface area contributed by atoms with Gasteiger partial charge in [0.25, 0.3) is 0 Å². The Balaban J connectivity index is 2.03. The van der Waals surface area contributed by atoms with Gasteiger partial charge in [0.05, 0.1) is 6.07 Å². The normalized spacial score (nSPS) is 38.9. The summed E-state index contributed by atoms with van der Waals surface area (Å²) in [6.45, 7) is 4.72. The van der Waals surface area contributed by atoms with Gasteiger partial charge in [0, 0.05) is 5.57 Å². The second-order valence-corrected chi connectivity index (χ2v) is 5.77. The molecule has 0 saturated heterocycles. The number of nitriles is 1. The summed E-state index contributed by atoms with van der Waals surface area (Å²) in [6.07, 6.45) is 12.9. The van der Waals surface area contributed by atoms with Gasteiger partial charge in [0.1, 0.15) is 0 Å². The van der Waals surface area contributed by atoms with Crippen LogP contribution >= 0.6 is 0 Å². The molecule has 2 rings (SSSR count). The average Bonchev–Trinajstić information content (AvgIpc) is 2.31. The molecule has 1 fully saturated rings. The van der Waals surface area contributed by atoms with Crippen LogP contribution in [0.15, 0.2) is 23.8 Å². The molecule has 2 aliphatic rings. The van der Waals surface area contributed by atoms with Crippen LogP contribution in [0.2, 0.25) is 0 Å². The molecule has 1 saturated carbocycles. The van der Waals surface area contributed by atoms with E-state index in [1.54, 1.807) is 0 Å². The highest BCUT2D eigenvalue weighted by atomic mass is 14.4. The summed E-state index contributed by atoms with van der Waals surface area (Å²) >= 11 is 0. The average molecular weight is 215 g/mol. The molecule has 0 aromatic heterocycles. The molecule has 86 valence electrons. The first-order valence-corrected chi connectivity index (χ1v) is 6.43. The van der Waals surface area contributed by atoms with E-state index < -0.39 is 0 Å². The van der Waals surface area contributed by atoms with Crippen LogP contribution in [0.5, 0.6) is 0 Å². The van der Waals surface area contributed by atoms with E-state index in [0.717, 1.165) is 23.8 Å². The lowest BCUT2D eigenvalue weighted by Gasteiger charge is -2.40. The molecule has 2 aliphatic carbocycles. The second-order valence-electron chi connectivity index (χ2n) is 5.77. The minimum Gasteiger partial charge on any atom is -0.192 e. The fourth-order valence-electron chi connectivity index (χ4n) is 3.05. The van der Waals surface area contributed by atoms with Gasteiger partial charge in [-0.25, -0.2) is 0 Å². The van der Waals surface area contributed by atoms with Gasteiger partial charge in [-0.15, -0.1) is 0 Å². The van der Waals surface area contributed by atoms with Gasteiger partial charge < -0.3 is 0 Å². The van der Waals surface area contributed by atoms with E-state index in [1.807, 2.05) is 6.08 Å². The third-order valence-corrected chi connectivity index (χ3v) is 4.48. The van der Waals surface area contributed by atoms with Crippen molar-refractivity contribution in [2.75, 3.05) is 0 Å². The first-order valence-electron chi connectivity index (χ1n) is 6.43. The number of hydrogen-bond donors (Lipinski definition) is 0. The quantitative estimate of drug-likeness (QED) is 0.642. The van der Waals surface area contributed by atoms with Crippen LogP contribution in [0.1, 0.15) is 46.0 Å². The van der Waals surface area contributed by atoms with Crippen molar-refractivity contribution in [3.8, 4) is 6.07 Å². The molecular weight excluding hydrogens is 194 g/mol. The molecule has 0 heterocycles. The maximum atomic E-state index is 8.84. The largest absolute Gasteiger partial charge is 0.192 e. The number of nitrogens with zero attached hydrogens (tertiary/aromatic N) is 1. The summed E-state index contributed by atoms with van der Waals surface area (Å²) in [5.41, 5.74) is 1.14. The summed E-state index contributed by atoms with van der Waals surface area (Å²) in [7, 11) is 0. The Morgan fingerprint density at radius 2 is 2.00 bits per heavy atom. The zero-order valence-corrected chi connectivity index (χ0v) is 10.4. The van der Waals surface area contributed by atoms with Gasteiger partial charge in [-0.3, -0.25) is 0 Å². The van der Waals surface area contributed by atoms with Crippen molar-refractivity contribution in [1.29, 1.82) is 5.26 Å². The van der Waals surface area contributed by atoms with Crippen LogP contribution in [0.3, 0.4) is 0 Å². The summed E-state index contributed by atoms with van der Waals surface area (Å²) in [5.74, 6) is 1.73. The first kappa shape index (κ1) is 11.5. The molecule has 0 amide bonds. The lowest BCUT2D eigenvalue weighted by atomic mass is 9.65. The number of allylic oxidation sites excluding steroid dienone is 4. The van der Waals surface area contributed by atoms with Crippen molar-refractivity contribution in [2.45, 2.75) is 46.0 Å². The highest BCUT2D eigenvalue weighted by Crippen LogP contribution is 2.45. The van der Waals surface area contributed by atoms with Gasteiger partial charge in [0.15, 0.2) is 0 Å². The monoisotopic (exact) mass is 215 g/mol. The Morgan fingerprint density at radius 3 is 2.50 bits per heavy atom. The summed E-state index contributed by atoms with van der Waals surface area (Å²) < 4.78 is 0. The molecule has 1 heteroatoms. The topological polar surface area (TPSA) is 23.8 Å². The van der Waals surface area contributed by atoms with E-state index in [-0.39, 0.29) is 0 Å². The molecule has 0 spiro atoms.